The number of allylic oxidation sites excluding steroid dienone is 2. The predicted octanol–water partition coefficient (Wildman–Crippen LogP) is 10.6. The molecule has 0 aromatic heterocycles. The van der Waals surface area contributed by atoms with Gasteiger partial charge in [-0.1, -0.05) is 73.2 Å². The van der Waals surface area contributed by atoms with E-state index in [1.165, 1.54) is 29.2 Å². The number of carbonyl (C=O) groups excluding carboxylic acids is 2. The maximum Gasteiger partial charge on any atom is 0.573 e. The molecule has 0 unspecified atom stereocenters. The van der Waals surface area contributed by atoms with E-state index in [4.69, 9.17) is 0 Å². The Morgan fingerprint density at radius 2 is 1.62 bits per heavy atom. The van der Waals surface area contributed by atoms with Gasteiger partial charge < -0.3 is 25.2 Å². The molecule has 0 aliphatic heterocycles. The fourth-order valence-corrected chi connectivity index (χ4v) is 8.45. The van der Waals surface area contributed by atoms with Crippen LogP contribution in [-0.2, 0) is 19.1 Å². The van der Waals surface area contributed by atoms with Crippen LogP contribution in [0.1, 0.15) is 96.5 Å². The number of hydrogen-bond acceptors (Lipinski definition) is 5. The zero-order chi connectivity index (χ0) is 41.9. The third-order valence-corrected chi connectivity index (χ3v) is 11.7. The maximum atomic E-state index is 14.4. The van der Waals surface area contributed by atoms with Crippen molar-refractivity contribution in [3.8, 4) is 5.75 Å². The molecule has 0 spiro atoms. The molecule has 2 bridgehead atoms. The summed E-state index contributed by atoms with van der Waals surface area (Å²) in [5.41, 5.74) is -0.378. The van der Waals surface area contributed by atoms with Crippen molar-refractivity contribution in [1.82, 2.24) is 4.90 Å². The van der Waals surface area contributed by atoms with Crippen molar-refractivity contribution < 1.29 is 50.9 Å². The second kappa shape index (κ2) is 17.0. The van der Waals surface area contributed by atoms with Crippen molar-refractivity contribution in [3.05, 3.63) is 142 Å². The van der Waals surface area contributed by atoms with E-state index in [1.54, 1.807) is 48.5 Å². The number of anilines is 1. The molecule has 3 aliphatic rings. The Morgan fingerprint density at radius 3 is 2.31 bits per heavy atom. The maximum absolute atomic E-state index is 14.4. The van der Waals surface area contributed by atoms with E-state index >= 15 is 0 Å². The first kappa shape index (κ1) is 42.5. The molecule has 3 aliphatic carbocycles. The number of hydrogen-bond donors (Lipinski definition) is 3. The number of fused-ring (bicyclic) bond motifs is 8. The fourth-order valence-electron chi connectivity index (χ4n) is 8.45. The van der Waals surface area contributed by atoms with Gasteiger partial charge in [-0.15, -0.1) is 13.2 Å². The number of aliphatic hydroxyl groups is 2. The number of nitrogens with zero attached hydrogens (tertiary/aromatic N) is 1. The number of carbonyl (C=O) groups is 2. The van der Waals surface area contributed by atoms with Gasteiger partial charge in [0.05, 0.1) is 23.8 Å². The molecule has 0 heterocycles. The first-order chi connectivity index (χ1) is 27.3. The Bertz CT molecular complexity index is 2120. The topological polar surface area (TPSA) is 99.1 Å². The summed E-state index contributed by atoms with van der Waals surface area (Å²) in [6.45, 7) is 3.58. The first-order valence-electron chi connectivity index (χ1n) is 19.2. The fraction of sp³-hybridized carbons (Fsp3) is 0.378. The normalized spacial score (nSPS) is 22.7. The van der Waals surface area contributed by atoms with Crippen molar-refractivity contribution in [3.63, 3.8) is 0 Å². The molecule has 7 rings (SSSR count). The summed E-state index contributed by atoms with van der Waals surface area (Å²) in [7, 11) is 0. The smallest absolute Gasteiger partial charge is 0.406 e. The summed E-state index contributed by atoms with van der Waals surface area (Å²) in [5, 5.41) is 26.8. The molecule has 2 amide bonds. The van der Waals surface area contributed by atoms with Crippen molar-refractivity contribution in [2.24, 2.45) is 5.41 Å². The number of nitrogens with one attached hydrogen (secondary N) is 1. The number of aliphatic hydroxyl groups excluding tert-OH is 1. The Kier molecular flexibility index (Phi) is 12.4. The molecular weight excluding hydrogens is 762 g/mol. The summed E-state index contributed by atoms with van der Waals surface area (Å²) in [5.74, 6) is -1.56. The summed E-state index contributed by atoms with van der Waals surface area (Å²) in [6, 6.07) is 22.7. The SMILES string of the molecule is CC1=CCC[C@@]2(C)[C@@H](CC[C@@]2(O)CN(Cc2ccc(OC(F)(F)F)cc2)C(=O)Nc2ccccc2)c2ccc(cc2C(=O)c2cccc(C(F)(F)F)c2)C[C@@H](O)CC1. The molecule has 0 saturated heterocycles. The average Bonchev–Trinajstić information content (AvgIpc) is 3.42. The molecule has 13 heteroatoms. The average molecular weight is 809 g/mol. The lowest BCUT2D eigenvalue weighted by Gasteiger charge is -2.46. The third-order valence-electron chi connectivity index (χ3n) is 11.7. The second-order valence-corrected chi connectivity index (χ2v) is 15.7. The Morgan fingerprint density at radius 1 is 0.897 bits per heavy atom. The van der Waals surface area contributed by atoms with Crippen molar-refractivity contribution in [1.29, 1.82) is 0 Å². The van der Waals surface area contributed by atoms with Gasteiger partial charge >= 0.3 is 18.6 Å². The number of rotatable bonds is 8. The minimum absolute atomic E-state index is 0.0939. The van der Waals surface area contributed by atoms with E-state index in [0.29, 0.717) is 54.5 Å². The molecule has 308 valence electrons. The number of alkyl halides is 6. The number of ketones is 1. The van der Waals surface area contributed by atoms with Crippen LogP contribution in [0.2, 0.25) is 0 Å². The summed E-state index contributed by atoms with van der Waals surface area (Å²) >= 11 is 0. The van der Waals surface area contributed by atoms with Crippen LogP contribution in [0.3, 0.4) is 0 Å². The lowest BCUT2D eigenvalue weighted by atomic mass is 9.64. The van der Waals surface area contributed by atoms with Crippen molar-refractivity contribution >= 4 is 17.5 Å². The predicted molar refractivity (Wildman–Crippen MR) is 207 cm³/mol. The summed E-state index contributed by atoms with van der Waals surface area (Å²) < 4.78 is 84.1. The minimum Gasteiger partial charge on any atom is -0.406 e. The van der Waals surface area contributed by atoms with Gasteiger partial charge in [0.15, 0.2) is 5.78 Å². The number of ether oxygens (including phenoxy) is 1. The number of para-hydroxylation sites is 1. The Labute approximate surface area is 333 Å². The van der Waals surface area contributed by atoms with Crippen molar-refractivity contribution in [2.75, 3.05) is 11.9 Å². The van der Waals surface area contributed by atoms with Gasteiger partial charge in [-0.05, 0) is 117 Å². The van der Waals surface area contributed by atoms with Gasteiger partial charge in [-0.25, -0.2) is 4.79 Å². The van der Waals surface area contributed by atoms with Gasteiger partial charge in [-0.3, -0.25) is 4.79 Å². The highest BCUT2D eigenvalue weighted by atomic mass is 19.4. The van der Waals surface area contributed by atoms with Crippen LogP contribution in [0.5, 0.6) is 5.75 Å². The third kappa shape index (κ3) is 9.93. The van der Waals surface area contributed by atoms with E-state index in [-0.39, 0.29) is 37.1 Å². The Hall–Kier alpha value is -5.14. The van der Waals surface area contributed by atoms with Crippen LogP contribution in [0.4, 0.5) is 36.8 Å². The highest BCUT2D eigenvalue weighted by Gasteiger charge is 2.57. The van der Waals surface area contributed by atoms with Gasteiger partial charge in [0.25, 0.3) is 0 Å². The molecule has 4 aromatic carbocycles. The van der Waals surface area contributed by atoms with Gasteiger partial charge in [0.1, 0.15) is 5.75 Å². The summed E-state index contributed by atoms with van der Waals surface area (Å²) in [4.78, 5) is 29.9. The first-order valence-corrected chi connectivity index (χ1v) is 19.2. The number of amides is 2. The molecule has 4 aromatic rings. The van der Waals surface area contributed by atoms with Crippen LogP contribution < -0.4 is 10.1 Å². The number of urea groups is 1. The van der Waals surface area contributed by atoms with Gasteiger partial charge in [0.2, 0.25) is 0 Å². The Balaban J connectivity index is 1.41. The van der Waals surface area contributed by atoms with Gasteiger partial charge in [-0.2, -0.15) is 13.2 Å². The van der Waals surface area contributed by atoms with Gasteiger partial charge in [0, 0.05) is 28.8 Å². The molecule has 1 saturated carbocycles. The molecule has 7 nitrogen and oxygen atoms in total. The molecule has 4 atom stereocenters. The summed E-state index contributed by atoms with van der Waals surface area (Å²) in [6.07, 6.45) is -5.54. The van der Waals surface area contributed by atoms with Crippen LogP contribution >= 0.6 is 0 Å². The lowest BCUT2D eigenvalue weighted by Crippen LogP contribution is -2.54. The zero-order valence-electron chi connectivity index (χ0n) is 32.2. The van der Waals surface area contributed by atoms with Crippen LogP contribution in [0.15, 0.2) is 109 Å². The van der Waals surface area contributed by atoms with Crippen LogP contribution in [-0.4, -0.2) is 51.5 Å². The lowest BCUT2D eigenvalue weighted by molar-refractivity contribution is -0.274. The minimum atomic E-state index is -4.89. The number of benzene rings is 4. The second-order valence-electron chi connectivity index (χ2n) is 15.7. The highest BCUT2D eigenvalue weighted by Crippen LogP contribution is 2.59. The van der Waals surface area contributed by atoms with Crippen molar-refractivity contribution in [2.45, 2.75) is 95.5 Å². The molecule has 0 radical (unpaired) electrons. The van der Waals surface area contributed by atoms with Crippen LogP contribution in [0, 0.1) is 5.41 Å². The monoisotopic (exact) mass is 808 g/mol. The standard InChI is InChI=1S/C45H46F6N2O5/c1-29-8-7-22-42(2)39(37-20-16-31(24-35(54)17-13-29)25-38(37)40(55)32-9-6-10-33(26-32)44(46,47)48)21-23-43(42,57)28-53(41(56)52-34-11-4-3-5-12-34)27-30-14-18-36(19-15-30)58-45(49,50)51/h3-6,8-12,14-16,18-20,25-26,35,39,54,57H,7,13,17,21-24,27-28H2,1-2H3,(H,52,56)/t35-,39-,42-,43+/m0/s1. The van der Waals surface area contributed by atoms with Crippen LogP contribution in [0.25, 0.3) is 0 Å². The van der Waals surface area contributed by atoms with E-state index in [2.05, 4.69) is 16.1 Å². The van der Waals surface area contributed by atoms with E-state index < -0.39 is 58.7 Å². The van der Waals surface area contributed by atoms with E-state index in [9.17, 15) is 46.1 Å². The zero-order valence-corrected chi connectivity index (χ0v) is 32.2. The largest absolute Gasteiger partial charge is 0.573 e. The highest BCUT2D eigenvalue weighted by molar-refractivity contribution is 6.10. The molecular formula is C45H46F6N2O5. The van der Waals surface area contributed by atoms with E-state index in [1.807, 2.05) is 13.8 Å². The molecule has 3 N–H and O–H groups in total. The van der Waals surface area contributed by atoms with E-state index in [0.717, 1.165) is 29.8 Å². The molecule has 1 fully saturated rings. The molecule has 58 heavy (non-hydrogen) atoms. The quantitative estimate of drug-likeness (QED) is 0.0935. The number of halogens is 6.